The lowest BCUT2D eigenvalue weighted by molar-refractivity contribution is -0.137. The average Bonchev–Trinajstić information content (AvgIpc) is 2.53. The summed E-state index contributed by atoms with van der Waals surface area (Å²) >= 11 is 0. The Morgan fingerprint density at radius 2 is 1.79 bits per heavy atom. The monoisotopic (exact) mass is 331 g/mol. The van der Waals surface area contributed by atoms with E-state index in [0.717, 1.165) is 5.56 Å². The van der Waals surface area contributed by atoms with Crippen LogP contribution in [0.15, 0.2) is 54.6 Å². The van der Waals surface area contributed by atoms with Gasteiger partial charge in [0.05, 0.1) is 6.42 Å². The van der Waals surface area contributed by atoms with Gasteiger partial charge in [-0.05, 0) is 29.7 Å². The van der Waals surface area contributed by atoms with Crippen molar-refractivity contribution in [3.8, 4) is 0 Å². The highest BCUT2D eigenvalue weighted by molar-refractivity contribution is 5.71. The predicted octanol–water partition coefficient (Wildman–Crippen LogP) is 3.14. The number of hydrogen-bond donors (Lipinski definition) is 2. The number of nitrogens with one attached hydrogen (secondary N) is 1. The van der Waals surface area contributed by atoms with Gasteiger partial charge in [0.25, 0.3) is 0 Å². The number of halogens is 1. The standard InChI is InChI=1S/C18H18FNO4/c19-15-8-4-7-14(9-15)10-16(11-17(21)22)20-18(23)24-12-13-5-2-1-3-6-13/h1-9,16H,10-12H2,(H,20,23)(H,21,22)/t16-/m1/s1. The molecule has 1 atom stereocenters. The number of amides is 1. The minimum absolute atomic E-state index is 0.0897. The van der Waals surface area contributed by atoms with Gasteiger partial charge in [0, 0.05) is 6.04 Å². The molecule has 5 nitrogen and oxygen atoms in total. The maximum absolute atomic E-state index is 13.2. The Kier molecular flexibility index (Phi) is 6.31. The third-order valence-electron chi connectivity index (χ3n) is 3.33. The smallest absolute Gasteiger partial charge is 0.407 e. The lowest BCUT2D eigenvalue weighted by atomic mass is 10.0. The Morgan fingerprint density at radius 3 is 2.46 bits per heavy atom. The van der Waals surface area contributed by atoms with Crippen LogP contribution in [-0.2, 0) is 22.6 Å². The molecular weight excluding hydrogens is 313 g/mol. The molecule has 0 aliphatic rings. The highest BCUT2D eigenvalue weighted by Gasteiger charge is 2.17. The Balaban J connectivity index is 1.92. The number of hydrogen-bond acceptors (Lipinski definition) is 3. The molecular formula is C18H18FNO4. The van der Waals surface area contributed by atoms with Gasteiger partial charge in [-0.25, -0.2) is 9.18 Å². The van der Waals surface area contributed by atoms with Crippen LogP contribution >= 0.6 is 0 Å². The van der Waals surface area contributed by atoms with E-state index in [9.17, 15) is 14.0 Å². The number of benzene rings is 2. The molecule has 2 aromatic rings. The molecule has 2 aromatic carbocycles. The number of carbonyl (C=O) groups excluding carboxylic acids is 1. The average molecular weight is 331 g/mol. The minimum atomic E-state index is -1.06. The summed E-state index contributed by atoms with van der Waals surface area (Å²) in [6.45, 7) is 0.0897. The molecule has 0 spiro atoms. The maximum atomic E-state index is 13.2. The quantitative estimate of drug-likeness (QED) is 0.817. The fourth-order valence-corrected chi connectivity index (χ4v) is 2.26. The molecule has 1 amide bonds. The number of carbonyl (C=O) groups is 2. The zero-order valence-corrected chi connectivity index (χ0v) is 12.9. The van der Waals surface area contributed by atoms with Crippen molar-refractivity contribution in [1.29, 1.82) is 0 Å². The van der Waals surface area contributed by atoms with Crippen molar-refractivity contribution in [3.05, 3.63) is 71.5 Å². The van der Waals surface area contributed by atoms with Gasteiger partial charge in [0.2, 0.25) is 0 Å². The van der Waals surface area contributed by atoms with Crippen LogP contribution in [0.5, 0.6) is 0 Å². The van der Waals surface area contributed by atoms with Crippen LogP contribution < -0.4 is 5.32 Å². The molecule has 0 bridgehead atoms. The van der Waals surface area contributed by atoms with Gasteiger partial charge < -0.3 is 15.2 Å². The summed E-state index contributed by atoms with van der Waals surface area (Å²) in [4.78, 5) is 22.8. The number of carboxylic acids is 1. The summed E-state index contributed by atoms with van der Waals surface area (Å²) in [5.41, 5.74) is 1.43. The van der Waals surface area contributed by atoms with E-state index in [0.29, 0.717) is 5.56 Å². The first-order chi connectivity index (χ1) is 11.5. The van der Waals surface area contributed by atoms with Crippen molar-refractivity contribution >= 4 is 12.1 Å². The van der Waals surface area contributed by atoms with Gasteiger partial charge in [0.1, 0.15) is 12.4 Å². The Morgan fingerprint density at radius 1 is 1.08 bits per heavy atom. The van der Waals surface area contributed by atoms with Gasteiger partial charge in [0.15, 0.2) is 0 Å². The van der Waals surface area contributed by atoms with Crippen molar-refractivity contribution in [3.63, 3.8) is 0 Å². The van der Waals surface area contributed by atoms with E-state index in [4.69, 9.17) is 9.84 Å². The summed E-state index contributed by atoms with van der Waals surface area (Å²) in [7, 11) is 0. The predicted molar refractivity (Wildman–Crippen MR) is 85.9 cm³/mol. The van der Waals surface area contributed by atoms with E-state index in [-0.39, 0.29) is 19.4 Å². The number of ether oxygens (including phenoxy) is 1. The minimum Gasteiger partial charge on any atom is -0.481 e. The molecule has 0 heterocycles. The van der Waals surface area contributed by atoms with Gasteiger partial charge in [-0.3, -0.25) is 4.79 Å². The summed E-state index contributed by atoms with van der Waals surface area (Å²) in [5, 5.41) is 11.5. The highest BCUT2D eigenvalue weighted by atomic mass is 19.1. The van der Waals surface area contributed by atoms with Crippen LogP contribution in [0.4, 0.5) is 9.18 Å². The van der Waals surface area contributed by atoms with E-state index in [1.54, 1.807) is 6.07 Å². The topological polar surface area (TPSA) is 75.6 Å². The van der Waals surface area contributed by atoms with E-state index < -0.39 is 23.9 Å². The fraction of sp³-hybridized carbons (Fsp3) is 0.222. The third kappa shape index (κ3) is 6.08. The van der Waals surface area contributed by atoms with Crippen LogP contribution in [-0.4, -0.2) is 23.2 Å². The number of rotatable bonds is 7. The highest BCUT2D eigenvalue weighted by Crippen LogP contribution is 2.09. The Hall–Kier alpha value is -2.89. The van der Waals surface area contributed by atoms with Gasteiger partial charge in [-0.15, -0.1) is 0 Å². The molecule has 2 rings (SSSR count). The second-order valence-electron chi connectivity index (χ2n) is 5.33. The van der Waals surface area contributed by atoms with E-state index in [1.165, 1.54) is 18.2 Å². The zero-order valence-electron chi connectivity index (χ0n) is 12.9. The first-order valence-electron chi connectivity index (χ1n) is 7.46. The van der Waals surface area contributed by atoms with Crippen LogP contribution in [0.2, 0.25) is 0 Å². The molecule has 0 saturated carbocycles. The van der Waals surface area contributed by atoms with Gasteiger partial charge in [-0.2, -0.15) is 0 Å². The Labute approximate surface area is 139 Å². The lowest BCUT2D eigenvalue weighted by Crippen LogP contribution is -2.38. The van der Waals surface area contributed by atoms with Crippen molar-refractivity contribution in [1.82, 2.24) is 5.32 Å². The molecule has 0 fully saturated rings. The normalized spacial score (nSPS) is 11.5. The maximum Gasteiger partial charge on any atom is 0.407 e. The summed E-state index contributed by atoms with van der Waals surface area (Å²) in [6.07, 6.45) is -0.789. The second-order valence-corrected chi connectivity index (χ2v) is 5.33. The number of carboxylic acid groups (broad SMARTS) is 1. The summed E-state index contributed by atoms with van der Waals surface area (Å²) < 4.78 is 18.3. The third-order valence-corrected chi connectivity index (χ3v) is 3.33. The van der Waals surface area contributed by atoms with Crippen molar-refractivity contribution in [2.75, 3.05) is 0 Å². The van der Waals surface area contributed by atoms with Crippen LogP contribution in [0, 0.1) is 5.82 Å². The molecule has 2 N–H and O–H groups in total. The van der Waals surface area contributed by atoms with Crippen molar-refractivity contribution < 1.29 is 23.8 Å². The Bertz CT molecular complexity index is 690. The van der Waals surface area contributed by atoms with E-state index >= 15 is 0 Å². The molecule has 0 unspecified atom stereocenters. The van der Waals surface area contributed by atoms with Gasteiger partial charge in [-0.1, -0.05) is 42.5 Å². The lowest BCUT2D eigenvalue weighted by Gasteiger charge is -2.17. The molecule has 126 valence electrons. The van der Waals surface area contributed by atoms with Crippen molar-refractivity contribution in [2.24, 2.45) is 0 Å². The largest absolute Gasteiger partial charge is 0.481 e. The molecule has 0 saturated heterocycles. The first-order valence-corrected chi connectivity index (χ1v) is 7.46. The van der Waals surface area contributed by atoms with Crippen LogP contribution in [0.1, 0.15) is 17.5 Å². The summed E-state index contributed by atoms with van der Waals surface area (Å²) in [5.74, 6) is -1.46. The second kappa shape index (κ2) is 8.67. The zero-order chi connectivity index (χ0) is 17.4. The molecule has 0 aliphatic carbocycles. The molecule has 0 aliphatic heterocycles. The fourth-order valence-electron chi connectivity index (χ4n) is 2.26. The van der Waals surface area contributed by atoms with Gasteiger partial charge >= 0.3 is 12.1 Å². The van der Waals surface area contributed by atoms with Crippen LogP contribution in [0.3, 0.4) is 0 Å². The molecule has 6 heteroatoms. The summed E-state index contributed by atoms with van der Waals surface area (Å²) in [6, 6.07) is 14.3. The van der Waals surface area contributed by atoms with Crippen LogP contribution in [0.25, 0.3) is 0 Å². The van der Waals surface area contributed by atoms with Crippen molar-refractivity contribution in [2.45, 2.75) is 25.5 Å². The van der Waals surface area contributed by atoms with E-state index in [2.05, 4.69) is 5.32 Å². The van der Waals surface area contributed by atoms with E-state index in [1.807, 2.05) is 30.3 Å². The first kappa shape index (κ1) is 17.5. The molecule has 24 heavy (non-hydrogen) atoms. The number of aliphatic carboxylic acids is 1. The SMILES string of the molecule is O=C(O)C[C@@H](Cc1cccc(F)c1)NC(=O)OCc1ccccc1. The number of alkyl carbamates (subject to hydrolysis) is 1. The molecule has 0 radical (unpaired) electrons. The molecule has 0 aromatic heterocycles.